The highest BCUT2D eigenvalue weighted by Gasteiger charge is 2.26. The number of carbonyl (C=O) groups is 2. The van der Waals surface area contributed by atoms with E-state index in [1.807, 2.05) is 55.5 Å². The summed E-state index contributed by atoms with van der Waals surface area (Å²) in [6, 6.07) is 15.1. The Morgan fingerprint density at radius 2 is 1.80 bits per heavy atom. The molecule has 1 amide bonds. The summed E-state index contributed by atoms with van der Waals surface area (Å²) in [7, 11) is 1.58. The number of aryl methyl sites for hydroxylation is 1. The number of hydrogen-bond acceptors (Lipinski definition) is 3. The lowest BCUT2D eigenvalue weighted by Crippen LogP contribution is -2.37. The number of aldehydes is 1. The average Bonchev–Trinajstić information content (AvgIpc) is 2.54. The van der Waals surface area contributed by atoms with Crippen molar-refractivity contribution in [2.45, 2.75) is 39.3 Å². The molecule has 0 bridgehead atoms. The zero-order valence-corrected chi connectivity index (χ0v) is 15.4. The summed E-state index contributed by atoms with van der Waals surface area (Å²) in [6.45, 7) is 7.44. The summed E-state index contributed by atoms with van der Waals surface area (Å²) in [5.41, 5.74) is 3.42. The minimum atomic E-state index is -0.696. The summed E-state index contributed by atoms with van der Waals surface area (Å²) < 4.78 is 5.37. The van der Waals surface area contributed by atoms with E-state index in [0.717, 1.165) is 28.5 Å². The van der Waals surface area contributed by atoms with E-state index < -0.39 is 17.7 Å². The molecule has 0 aliphatic rings. The van der Waals surface area contributed by atoms with Crippen LogP contribution in [-0.2, 0) is 9.53 Å². The van der Waals surface area contributed by atoms with Crippen LogP contribution < -0.4 is 0 Å². The SMILES string of the molecule is Cc1ccccc1-c1cccc(C(C=O)N(C)C(=O)OC(C)(C)C)c1. The summed E-state index contributed by atoms with van der Waals surface area (Å²) in [5.74, 6) is 0. The summed E-state index contributed by atoms with van der Waals surface area (Å²) in [6.07, 6.45) is 0.242. The summed E-state index contributed by atoms with van der Waals surface area (Å²) >= 11 is 0. The van der Waals surface area contributed by atoms with E-state index >= 15 is 0 Å². The van der Waals surface area contributed by atoms with Gasteiger partial charge in [-0.3, -0.25) is 4.90 Å². The van der Waals surface area contributed by atoms with Crippen LogP contribution in [0.4, 0.5) is 4.79 Å². The monoisotopic (exact) mass is 339 g/mol. The normalized spacial score (nSPS) is 12.4. The van der Waals surface area contributed by atoms with Crippen LogP contribution in [0.2, 0.25) is 0 Å². The van der Waals surface area contributed by atoms with Crippen molar-refractivity contribution in [3.05, 3.63) is 59.7 Å². The maximum Gasteiger partial charge on any atom is 0.410 e. The summed E-state index contributed by atoms with van der Waals surface area (Å²) in [5, 5.41) is 0. The third-order valence-electron chi connectivity index (χ3n) is 3.91. The molecule has 4 nitrogen and oxygen atoms in total. The van der Waals surface area contributed by atoms with Crippen LogP contribution >= 0.6 is 0 Å². The smallest absolute Gasteiger partial charge is 0.410 e. The number of likely N-dealkylation sites (N-methyl/N-ethyl adjacent to an activating group) is 1. The van der Waals surface area contributed by atoms with Gasteiger partial charge in [-0.2, -0.15) is 0 Å². The van der Waals surface area contributed by atoms with Crippen LogP contribution in [0.1, 0.15) is 37.9 Å². The van der Waals surface area contributed by atoms with E-state index in [9.17, 15) is 9.59 Å². The van der Waals surface area contributed by atoms with Crippen molar-refractivity contribution in [2.24, 2.45) is 0 Å². The Balaban J connectivity index is 2.33. The zero-order chi connectivity index (χ0) is 18.6. The van der Waals surface area contributed by atoms with Gasteiger partial charge in [-0.15, -0.1) is 0 Å². The molecule has 25 heavy (non-hydrogen) atoms. The highest BCUT2D eigenvalue weighted by atomic mass is 16.6. The molecule has 1 unspecified atom stereocenters. The van der Waals surface area contributed by atoms with E-state index in [1.54, 1.807) is 27.8 Å². The fourth-order valence-electron chi connectivity index (χ4n) is 2.63. The standard InChI is InChI=1S/C21H25NO3/c1-15-9-6-7-12-18(15)16-10-8-11-17(13-16)19(14-23)22(5)20(24)25-21(2,3)4/h6-14,19H,1-5H3. The third kappa shape index (κ3) is 4.69. The maximum absolute atomic E-state index is 12.3. The lowest BCUT2D eigenvalue weighted by molar-refractivity contribution is -0.112. The maximum atomic E-state index is 12.3. The number of ether oxygens (including phenoxy) is 1. The molecule has 0 aliphatic heterocycles. The molecule has 0 heterocycles. The number of rotatable bonds is 4. The number of carbonyl (C=O) groups excluding carboxylic acids is 2. The quantitative estimate of drug-likeness (QED) is 0.754. The predicted molar refractivity (Wildman–Crippen MR) is 99.4 cm³/mol. The van der Waals surface area contributed by atoms with Gasteiger partial charge in [-0.1, -0.05) is 42.5 Å². The first-order valence-electron chi connectivity index (χ1n) is 8.30. The van der Waals surface area contributed by atoms with E-state index in [-0.39, 0.29) is 0 Å². The van der Waals surface area contributed by atoms with Crippen molar-refractivity contribution in [3.8, 4) is 11.1 Å². The molecule has 2 rings (SSSR count). The Morgan fingerprint density at radius 3 is 2.40 bits per heavy atom. The lowest BCUT2D eigenvalue weighted by Gasteiger charge is -2.28. The van der Waals surface area contributed by atoms with Gasteiger partial charge < -0.3 is 9.53 Å². The van der Waals surface area contributed by atoms with Crippen LogP contribution in [0.15, 0.2) is 48.5 Å². The van der Waals surface area contributed by atoms with Crippen molar-refractivity contribution in [2.75, 3.05) is 7.05 Å². The van der Waals surface area contributed by atoms with Gasteiger partial charge >= 0.3 is 6.09 Å². The molecular formula is C21H25NO3. The third-order valence-corrected chi connectivity index (χ3v) is 3.91. The van der Waals surface area contributed by atoms with E-state index in [1.165, 1.54) is 4.90 Å². The van der Waals surface area contributed by atoms with Crippen LogP contribution in [0.5, 0.6) is 0 Å². The second kappa shape index (κ2) is 7.51. The van der Waals surface area contributed by atoms with Crippen molar-refractivity contribution in [3.63, 3.8) is 0 Å². The van der Waals surface area contributed by atoms with Crippen molar-refractivity contribution >= 4 is 12.4 Å². The Morgan fingerprint density at radius 1 is 1.12 bits per heavy atom. The van der Waals surface area contributed by atoms with Gasteiger partial charge in [0.25, 0.3) is 0 Å². The molecule has 0 aliphatic carbocycles. The second-order valence-electron chi connectivity index (χ2n) is 7.11. The lowest BCUT2D eigenvalue weighted by atomic mass is 9.97. The molecule has 2 aromatic carbocycles. The Bertz CT molecular complexity index is 762. The number of hydrogen-bond donors (Lipinski definition) is 0. The van der Waals surface area contributed by atoms with Gasteiger partial charge in [0.1, 0.15) is 17.9 Å². The first-order chi connectivity index (χ1) is 11.7. The topological polar surface area (TPSA) is 46.6 Å². The van der Waals surface area contributed by atoms with Crippen molar-refractivity contribution < 1.29 is 14.3 Å². The van der Waals surface area contributed by atoms with E-state index in [0.29, 0.717) is 0 Å². The van der Waals surface area contributed by atoms with Gasteiger partial charge in [0.2, 0.25) is 0 Å². The fraction of sp³-hybridized carbons (Fsp3) is 0.333. The molecule has 0 saturated carbocycles. The molecule has 0 spiro atoms. The van der Waals surface area contributed by atoms with Crippen LogP contribution in [-0.4, -0.2) is 29.9 Å². The molecule has 0 saturated heterocycles. The van der Waals surface area contributed by atoms with Crippen LogP contribution in [0.3, 0.4) is 0 Å². The molecule has 0 N–H and O–H groups in total. The molecule has 0 radical (unpaired) electrons. The highest BCUT2D eigenvalue weighted by molar-refractivity contribution is 5.76. The van der Waals surface area contributed by atoms with Crippen molar-refractivity contribution in [1.29, 1.82) is 0 Å². The first kappa shape index (κ1) is 18.7. The molecule has 1 atom stereocenters. The number of amides is 1. The van der Waals surface area contributed by atoms with E-state index in [2.05, 4.69) is 0 Å². The summed E-state index contributed by atoms with van der Waals surface area (Å²) in [4.78, 5) is 25.3. The largest absolute Gasteiger partial charge is 0.444 e. The molecule has 4 heteroatoms. The minimum absolute atomic E-state index is 0.522. The first-order valence-corrected chi connectivity index (χ1v) is 8.30. The zero-order valence-electron chi connectivity index (χ0n) is 15.4. The molecule has 0 fully saturated rings. The van der Waals surface area contributed by atoms with Gasteiger partial charge in [0.05, 0.1) is 0 Å². The predicted octanol–water partition coefficient (Wildman–Crippen LogP) is 4.77. The molecule has 0 aromatic heterocycles. The molecule has 2 aromatic rings. The fourth-order valence-corrected chi connectivity index (χ4v) is 2.63. The van der Waals surface area contributed by atoms with E-state index in [4.69, 9.17) is 4.74 Å². The molecular weight excluding hydrogens is 314 g/mol. The number of benzene rings is 2. The highest BCUT2D eigenvalue weighted by Crippen LogP contribution is 2.27. The second-order valence-corrected chi connectivity index (χ2v) is 7.11. The molecule has 132 valence electrons. The Hall–Kier alpha value is -2.62. The van der Waals surface area contributed by atoms with Crippen LogP contribution in [0.25, 0.3) is 11.1 Å². The average molecular weight is 339 g/mol. The van der Waals surface area contributed by atoms with Gasteiger partial charge in [0.15, 0.2) is 0 Å². The van der Waals surface area contributed by atoms with Crippen LogP contribution in [0, 0.1) is 6.92 Å². The number of nitrogens with zero attached hydrogens (tertiary/aromatic N) is 1. The Labute approximate surface area is 149 Å². The van der Waals surface area contributed by atoms with Gasteiger partial charge in [-0.05, 0) is 56.0 Å². The Kier molecular flexibility index (Phi) is 5.62. The van der Waals surface area contributed by atoms with Gasteiger partial charge in [0, 0.05) is 7.05 Å². The minimum Gasteiger partial charge on any atom is -0.444 e. The van der Waals surface area contributed by atoms with Gasteiger partial charge in [-0.25, -0.2) is 4.79 Å². The van der Waals surface area contributed by atoms with Crippen molar-refractivity contribution in [1.82, 2.24) is 4.90 Å².